The van der Waals surface area contributed by atoms with Gasteiger partial charge in [-0.1, -0.05) is 34.7 Å². The second-order valence-electron chi connectivity index (χ2n) is 3.13. The summed E-state index contributed by atoms with van der Waals surface area (Å²) in [5.74, 6) is 0. The van der Waals surface area contributed by atoms with Crippen molar-refractivity contribution in [3.63, 3.8) is 0 Å². The summed E-state index contributed by atoms with van der Waals surface area (Å²) in [6, 6.07) is 7.54. The molecule has 1 rings (SSSR count). The third kappa shape index (κ3) is 3.55. The third-order valence-corrected chi connectivity index (χ3v) is 5.01. The van der Waals surface area contributed by atoms with Gasteiger partial charge in [0.1, 0.15) is 0 Å². The highest BCUT2D eigenvalue weighted by Gasteiger charge is 2.26. The first-order chi connectivity index (χ1) is 7.66. The second kappa shape index (κ2) is 6.74. The van der Waals surface area contributed by atoms with Crippen LogP contribution in [0, 0.1) is 0 Å². The molecule has 0 aliphatic rings. The van der Waals surface area contributed by atoms with Gasteiger partial charge in [-0.3, -0.25) is 4.57 Å². The van der Waals surface area contributed by atoms with Crippen LogP contribution in [0.15, 0.2) is 24.3 Å². The van der Waals surface area contributed by atoms with E-state index in [4.69, 9.17) is 9.05 Å². The maximum atomic E-state index is 12.4. The van der Waals surface area contributed by atoms with Crippen LogP contribution >= 0.6 is 30.2 Å². The standard InChI is InChI=1S/C11H16IO3P/c1-3-14-16(13,15-4-2)11-7-5-10(9-12)6-8-11/h5-8H,3-4,9H2,1-2H3. The van der Waals surface area contributed by atoms with Gasteiger partial charge in [0.2, 0.25) is 0 Å². The largest absolute Gasteiger partial charge is 0.361 e. The van der Waals surface area contributed by atoms with Gasteiger partial charge in [0.15, 0.2) is 0 Å². The average molecular weight is 354 g/mol. The maximum Gasteiger partial charge on any atom is 0.361 e. The number of hydrogen-bond donors (Lipinski definition) is 0. The Balaban J connectivity index is 2.96. The Bertz CT molecular complexity index is 354. The van der Waals surface area contributed by atoms with Crippen molar-refractivity contribution >= 4 is 35.5 Å². The molecule has 0 aliphatic heterocycles. The normalized spacial score (nSPS) is 11.7. The van der Waals surface area contributed by atoms with E-state index in [9.17, 15) is 4.57 Å². The van der Waals surface area contributed by atoms with Crippen molar-refractivity contribution in [3.8, 4) is 0 Å². The van der Waals surface area contributed by atoms with Gasteiger partial charge in [-0.25, -0.2) is 0 Å². The molecule has 0 unspecified atom stereocenters. The lowest BCUT2D eigenvalue weighted by atomic mass is 10.2. The molecule has 0 saturated heterocycles. The highest BCUT2D eigenvalue weighted by molar-refractivity contribution is 14.1. The van der Waals surface area contributed by atoms with Crippen LogP contribution in [0.5, 0.6) is 0 Å². The van der Waals surface area contributed by atoms with E-state index >= 15 is 0 Å². The Morgan fingerprint density at radius 1 is 1.12 bits per heavy atom. The zero-order valence-corrected chi connectivity index (χ0v) is 12.5. The molecule has 3 nitrogen and oxygen atoms in total. The van der Waals surface area contributed by atoms with Crippen LogP contribution in [-0.4, -0.2) is 13.2 Å². The Hall–Kier alpha value is 0.100. The Labute approximate surface area is 110 Å². The number of hydrogen-bond acceptors (Lipinski definition) is 3. The van der Waals surface area contributed by atoms with Crippen molar-refractivity contribution in [2.45, 2.75) is 18.3 Å². The molecule has 5 heteroatoms. The Morgan fingerprint density at radius 3 is 2.00 bits per heavy atom. The van der Waals surface area contributed by atoms with E-state index < -0.39 is 7.60 Å². The third-order valence-electron chi connectivity index (χ3n) is 2.00. The molecule has 0 bridgehead atoms. The monoisotopic (exact) mass is 354 g/mol. The van der Waals surface area contributed by atoms with E-state index in [1.165, 1.54) is 5.56 Å². The van der Waals surface area contributed by atoms with Gasteiger partial charge in [-0.2, -0.15) is 0 Å². The van der Waals surface area contributed by atoms with Crippen LogP contribution in [0.1, 0.15) is 19.4 Å². The summed E-state index contributed by atoms with van der Waals surface area (Å²) >= 11 is 2.29. The topological polar surface area (TPSA) is 35.5 Å². The minimum absolute atomic E-state index is 0.380. The summed E-state index contributed by atoms with van der Waals surface area (Å²) in [4.78, 5) is 0. The van der Waals surface area contributed by atoms with Crippen molar-refractivity contribution < 1.29 is 13.6 Å². The number of halogens is 1. The van der Waals surface area contributed by atoms with Crippen molar-refractivity contribution in [2.24, 2.45) is 0 Å². The minimum Gasteiger partial charge on any atom is -0.305 e. The zero-order valence-electron chi connectivity index (χ0n) is 9.48. The Morgan fingerprint density at radius 2 is 1.62 bits per heavy atom. The lowest BCUT2D eigenvalue weighted by molar-refractivity contribution is 0.230. The molecule has 0 amide bonds. The van der Waals surface area contributed by atoms with Crippen LogP contribution < -0.4 is 5.30 Å². The van der Waals surface area contributed by atoms with Crippen LogP contribution in [-0.2, 0) is 18.0 Å². The fourth-order valence-corrected chi connectivity index (χ4v) is 3.37. The molecule has 0 fully saturated rings. The van der Waals surface area contributed by atoms with E-state index in [-0.39, 0.29) is 0 Å². The van der Waals surface area contributed by atoms with Gasteiger partial charge >= 0.3 is 7.60 Å². The van der Waals surface area contributed by atoms with Crippen molar-refractivity contribution in [1.82, 2.24) is 0 Å². The first-order valence-electron chi connectivity index (χ1n) is 5.21. The van der Waals surface area contributed by atoms with Crippen LogP contribution in [0.4, 0.5) is 0 Å². The molecule has 90 valence electrons. The average Bonchev–Trinajstić information content (AvgIpc) is 2.30. The van der Waals surface area contributed by atoms with Gasteiger partial charge in [-0.05, 0) is 31.5 Å². The molecule has 1 aromatic rings. The molecule has 0 saturated carbocycles. The van der Waals surface area contributed by atoms with E-state index in [1.54, 1.807) is 0 Å². The minimum atomic E-state index is -3.10. The summed E-state index contributed by atoms with van der Waals surface area (Å²) in [5, 5.41) is 0.629. The molecule has 16 heavy (non-hydrogen) atoms. The van der Waals surface area contributed by atoms with E-state index in [2.05, 4.69) is 22.6 Å². The molecule has 1 aromatic carbocycles. The number of alkyl halides is 1. The van der Waals surface area contributed by atoms with Crippen LogP contribution in [0.25, 0.3) is 0 Å². The second-order valence-corrected chi connectivity index (χ2v) is 5.92. The summed E-state index contributed by atoms with van der Waals surface area (Å²) < 4.78 is 23.8. The van der Waals surface area contributed by atoms with Crippen molar-refractivity contribution in [3.05, 3.63) is 29.8 Å². The summed E-state index contributed by atoms with van der Waals surface area (Å²) in [7, 11) is -3.10. The molecular weight excluding hydrogens is 338 g/mol. The lowest BCUT2D eigenvalue weighted by Crippen LogP contribution is -2.10. The zero-order chi connectivity index (χ0) is 12.0. The highest BCUT2D eigenvalue weighted by atomic mass is 127. The molecule has 0 N–H and O–H groups in total. The highest BCUT2D eigenvalue weighted by Crippen LogP contribution is 2.46. The van der Waals surface area contributed by atoms with E-state index in [1.807, 2.05) is 38.1 Å². The van der Waals surface area contributed by atoms with Crippen LogP contribution in [0.3, 0.4) is 0 Å². The summed E-state index contributed by atoms with van der Waals surface area (Å²) in [6.45, 7) is 4.38. The molecule has 0 heterocycles. The van der Waals surface area contributed by atoms with Gasteiger partial charge in [0.25, 0.3) is 0 Å². The SMILES string of the molecule is CCOP(=O)(OCC)c1ccc(CI)cc1. The molecule has 0 atom stereocenters. The van der Waals surface area contributed by atoms with Gasteiger partial charge in [0, 0.05) is 4.43 Å². The molecule has 0 aromatic heterocycles. The lowest BCUT2D eigenvalue weighted by Gasteiger charge is -2.17. The molecule has 0 aliphatic carbocycles. The fraction of sp³-hybridized carbons (Fsp3) is 0.455. The summed E-state index contributed by atoms with van der Waals surface area (Å²) in [6.07, 6.45) is 0. The predicted molar refractivity (Wildman–Crippen MR) is 74.7 cm³/mol. The maximum absolute atomic E-state index is 12.4. The number of rotatable bonds is 6. The molecular formula is C11H16IO3P. The quantitative estimate of drug-likeness (QED) is 0.446. The van der Waals surface area contributed by atoms with Crippen molar-refractivity contribution in [1.29, 1.82) is 0 Å². The van der Waals surface area contributed by atoms with E-state index in [0.29, 0.717) is 18.5 Å². The predicted octanol–water partition coefficient (Wildman–Crippen LogP) is 3.51. The smallest absolute Gasteiger partial charge is 0.305 e. The number of benzene rings is 1. The van der Waals surface area contributed by atoms with Crippen LogP contribution in [0.2, 0.25) is 0 Å². The first kappa shape index (κ1) is 14.2. The molecule has 0 spiro atoms. The van der Waals surface area contributed by atoms with Gasteiger partial charge in [0.05, 0.1) is 18.5 Å². The van der Waals surface area contributed by atoms with Gasteiger partial charge < -0.3 is 9.05 Å². The van der Waals surface area contributed by atoms with Crippen molar-refractivity contribution in [2.75, 3.05) is 13.2 Å². The Kier molecular flexibility index (Phi) is 5.97. The first-order valence-corrected chi connectivity index (χ1v) is 8.27. The molecule has 0 radical (unpaired) electrons. The van der Waals surface area contributed by atoms with Gasteiger partial charge in [-0.15, -0.1) is 0 Å². The summed E-state index contributed by atoms with van der Waals surface area (Å²) in [5.41, 5.74) is 1.20. The van der Waals surface area contributed by atoms with E-state index in [0.717, 1.165) is 4.43 Å². The fourth-order valence-electron chi connectivity index (χ4n) is 1.29.